The Morgan fingerprint density at radius 1 is 1.25 bits per heavy atom. The molecule has 0 fully saturated rings. The highest BCUT2D eigenvalue weighted by Gasteiger charge is 2.18. The minimum atomic E-state index is -3.87. The highest BCUT2D eigenvalue weighted by atomic mass is 35.5. The summed E-state index contributed by atoms with van der Waals surface area (Å²) in [6, 6.07) is 8.39. The molecule has 0 amide bonds. The number of imidazole rings is 1. The molecular formula is C15H12ClN3O4S. The van der Waals surface area contributed by atoms with Gasteiger partial charge < -0.3 is 9.67 Å². The van der Waals surface area contributed by atoms with Gasteiger partial charge in [0.15, 0.2) is 0 Å². The third-order valence-corrected chi connectivity index (χ3v) is 5.07. The van der Waals surface area contributed by atoms with E-state index in [9.17, 15) is 18.3 Å². The molecule has 0 atom stereocenters. The summed E-state index contributed by atoms with van der Waals surface area (Å²) in [5, 5.41) is 9.78. The SMILES string of the molecule is Cn1cnc2cc(NS(=O)(=O)c3ccc(Cl)cc3)cc(C(=O)O)c21. The normalized spacial score (nSPS) is 11.6. The molecule has 0 bridgehead atoms. The van der Waals surface area contributed by atoms with Gasteiger partial charge in [-0.2, -0.15) is 0 Å². The molecule has 0 aliphatic heterocycles. The van der Waals surface area contributed by atoms with Crippen molar-refractivity contribution in [3.05, 3.63) is 53.3 Å². The maximum atomic E-state index is 12.4. The largest absolute Gasteiger partial charge is 0.478 e. The number of sulfonamides is 1. The number of nitrogens with zero attached hydrogens (tertiary/aromatic N) is 2. The Balaban J connectivity index is 2.07. The first kappa shape index (κ1) is 16.3. The topological polar surface area (TPSA) is 101 Å². The summed E-state index contributed by atoms with van der Waals surface area (Å²) in [4.78, 5) is 15.6. The van der Waals surface area contributed by atoms with Crippen LogP contribution in [0, 0.1) is 0 Å². The van der Waals surface area contributed by atoms with Crippen molar-refractivity contribution in [2.24, 2.45) is 7.05 Å². The first-order valence-electron chi connectivity index (χ1n) is 6.75. The van der Waals surface area contributed by atoms with Crippen molar-refractivity contribution in [2.45, 2.75) is 4.90 Å². The Morgan fingerprint density at radius 2 is 1.92 bits per heavy atom. The lowest BCUT2D eigenvalue weighted by atomic mass is 10.1. The molecule has 0 saturated heterocycles. The standard InChI is InChI=1S/C15H12ClN3O4S/c1-19-8-17-13-7-10(6-12(14(13)19)15(20)21)18-24(22,23)11-4-2-9(16)3-5-11/h2-8,18H,1H3,(H,20,21). The van der Waals surface area contributed by atoms with Crippen LogP contribution in [-0.2, 0) is 17.1 Å². The lowest BCUT2D eigenvalue weighted by Gasteiger charge is -2.10. The zero-order chi connectivity index (χ0) is 17.5. The van der Waals surface area contributed by atoms with E-state index in [-0.39, 0.29) is 16.1 Å². The van der Waals surface area contributed by atoms with E-state index in [4.69, 9.17) is 11.6 Å². The molecule has 2 N–H and O–H groups in total. The minimum Gasteiger partial charge on any atom is -0.478 e. The highest BCUT2D eigenvalue weighted by Crippen LogP contribution is 2.25. The lowest BCUT2D eigenvalue weighted by Crippen LogP contribution is -2.13. The molecule has 0 unspecified atom stereocenters. The van der Waals surface area contributed by atoms with Gasteiger partial charge in [-0.3, -0.25) is 4.72 Å². The maximum Gasteiger partial charge on any atom is 0.337 e. The van der Waals surface area contributed by atoms with Gasteiger partial charge in [-0.15, -0.1) is 0 Å². The van der Waals surface area contributed by atoms with Crippen LogP contribution in [0.1, 0.15) is 10.4 Å². The van der Waals surface area contributed by atoms with Crippen LogP contribution in [0.25, 0.3) is 11.0 Å². The number of carboxylic acid groups (broad SMARTS) is 1. The number of halogens is 1. The number of carbonyl (C=O) groups is 1. The van der Waals surface area contributed by atoms with Gasteiger partial charge >= 0.3 is 5.97 Å². The van der Waals surface area contributed by atoms with Crippen molar-refractivity contribution in [1.82, 2.24) is 9.55 Å². The molecule has 0 aliphatic rings. The van der Waals surface area contributed by atoms with E-state index in [2.05, 4.69) is 9.71 Å². The third-order valence-electron chi connectivity index (χ3n) is 3.42. The van der Waals surface area contributed by atoms with Crippen LogP contribution < -0.4 is 4.72 Å². The fourth-order valence-electron chi connectivity index (χ4n) is 2.34. The van der Waals surface area contributed by atoms with Crippen LogP contribution in [0.3, 0.4) is 0 Å². The number of rotatable bonds is 4. The quantitative estimate of drug-likeness (QED) is 0.740. The van der Waals surface area contributed by atoms with Gasteiger partial charge in [0.05, 0.1) is 33.5 Å². The number of benzene rings is 2. The number of nitrogens with one attached hydrogen (secondary N) is 1. The summed E-state index contributed by atoms with van der Waals surface area (Å²) >= 11 is 5.75. The number of carboxylic acids is 1. The Bertz CT molecular complexity index is 1040. The van der Waals surface area contributed by atoms with Gasteiger partial charge in [-0.25, -0.2) is 18.2 Å². The van der Waals surface area contributed by atoms with E-state index in [1.165, 1.54) is 42.7 Å². The number of aryl methyl sites for hydroxylation is 1. The molecule has 1 heterocycles. The molecule has 124 valence electrons. The number of anilines is 1. The van der Waals surface area contributed by atoms with Gasteiger partial charge in [0.1, 0.15) is 0 Å². The Labute approximate surface area is 142 Å². The molecule has 1 aromatic heterocycles. The van der Waals surface area contributed by atoms with Gasteiger partial charge in [0.2, 0.25) is 0 Å². The first-order chi connectivity index (χ1) is 11.3. The summed E-state index contributed by atoms with van der Waals surface area (Å²) in [6.07, 6.45) is 1.47. The van der Waals surface area contributed by atoms with Crippen molar-refractivity contribution in [3.63, 3.8) is 0 Å². The predicted octanol–water partition coefficient (Wildman–Crippen LogP) is 2.73. The molecule has 2 aromatic carbocycles. The van der Waals surface area contributed by atoms with E-state index in [1.807, 2.05) is 0 Å². The van der Waals surface area contributed by atoms with Crippen molar-refractivity contribution < 1.29 is 18.3 Å². The van der Waals surface area contributed by atoms with Crippen molar-refractivity contribution in [3.8, 4) is 0 Å². The van der Waals surface area contributed by atoms with Crippen LogP contribution in [0.15, 0.2) is 47.6 Å². The van der Waals surface area contributed by atoms with Crippen LogP contribution in [0.5, 0.6) is 0 Å². The average molecular weight is 366 g/mol. The van der Waals surface area contributed by atoms with Gasteiger partial charge in [-0.1, -0.05) is 11.6 Å². The van der Waals surface area contributed by atoms with Gasteiger partial charge in [0, 0.05) is 12.1 Å². The third kappa shape index (κ3) is 2.93. The lowest BCUT2D eigenvalue weighted by molar-refractivity contribution is 0.0698. The molecule has 3 rings (SSSR count). The molecule has 0 radical (unpaired) electrons. The number of fused-ring (bicyclic) bond motifs is 1. The van der Waals surface area contributed by atoms with Gasteiger partial charge in [-0.05, 0) is 36.4 Å². The van der Waals surface area contributed by atoms with E-state index in [0.29, 0.717) is 16.1 Å². The zero-order valence-corrected chi connectivity index (χ0v) is 14.0. The van der Waals surface area contributed by atoms with Crippen molar-refractivity contribution in [1.29, 1.82) is 0 Å². The first-order valence-corrected chi connectivity index (χ1v) is 8.61. The van der Waals surface area contributed by atoms with Crippen molar-refractivity contribution >= 4 is 44.3 Å². The molecule has 0 aliphatic carbocycles. The fraction of sp³-hybridized carbons (Fsp3) is 0.0667. The maximum absolute atomic E-state index is 12.4. The second-order valence-corrected chi connectivity index (χ2v) is 7.23. The summed E-state index contributed by atoms with van der Waals surface area (Å²) in [5.74, 6) is -1.17. The van der Waals surface area contributed by atoms with E-state index in [1.54, 1.807) is 11.6 Å². The monoisotopic (exact) mass is 365 g/mol. The second-order valence-electron chi connectivity index (χ2n) is 5.11. The van der Waals surface area contributed by atoms with Crippen LogP contribution in [0.2, 0.25) is 5.02 Å². The molecule has 24 heavy (non-hydrogen) atoms. The summed E-state index contributed by atoms with van der Waals surface area (Å²) < 4.78 is 28.7. The smallest absolute Gasteiger partial charge is 0.337 e. The number of aromatic nitrogens is 2. The Morgan fingerprint density at radius 3 is 2.54 bits per heavy atom. The summed E-state index contributed by atoms with van der Waals surface area (Å²) in [7, 11) is -2.20. The van der Waals surface area contributed by atoms with Crippen LogP contribution in [-0.4, -0.2) is 29.0 Å². The fourth-order valence-corrected chi connectivity index (χ4v) is 3.51. The molecular weight excluding hydrogens is 354 g/mol. The predicted molar refractivity (Wildman–Crippen MR) is 89.9 cm³/mol. The molecule has 9 heteroatoms. The van der Waals surface area contributed by atoms with Crippen molar-refractivity contribution in [2.75, 3.05) is 4.72 Å². The van der Waals surface area contributed by atoms with E-state index < -0.39 is 16.0 Å². The number of hydrogen-bond acceptors (Lipinski definition) is 4. The highest BCUT2D eigenvalue weighted by molar-refractivity contribution is 7.92. The minimum absolute atomic E-state index is 0.0184. The van der Waals surface area contributed by atoms with E-state index >= 15 is 0 Å². The van der Waals surface area contributed by atoms with E-state index in [0.717, 1.165) is 0 Å². The average Bonchev–Trinajstić information content (AvgIpc) is 2.87. The summed E-state index contributed by atoms with van der Waals surface area (Å²) in [5.41, 5.74) is 0.873. The number of aromatic carboxylic acids is 1. The molecule has 0 spiro atoms. The summed E-state index contributed by atoms with van der Waals surface area (Å²) in [6.45, 7) is 0. The second kappa shape index (κ2) is 5.81. The van der Waals surface area contributed by atoms with Gasteiger partial charge in [0.25, 0.3) is 10.0 Å². The molecule has 3 aromatic rings. The Hall–Kier alpha value is -2.58. The van der Waals surface area contributed by atoms with Crippen LogP contribution >= 0.6 is 11.6 Å². The molecule has 7 nitrogen and oxygen atoms in total. The Kier molecular flexibility index (Phi) is 3.94. The van der Waals surface area contributed by atoms with Crippen LogP contribution in [0.4, 0.5) is 5.69 Å². The zero-order valence-electron chi connectivity index (χ0n) is 12.4. The molecule has 0 saturated carbocycles. The number of hydrogen-bond donors (Lipinski definition) is 2.